The van der Waals surface area contributed by atoms with Crippen LogP contribution in [0, 0.1) is 22.7 Å². The quantitative estimate of drug-likeness (QED) is 0.610. The number of hydrogen-bond donors (Lipinski definition) is 0. The van der Waals surface area contributed by atoms with Crippen LogP contribution in [0.5, 0.6) is 5.75 Å². The lowest BCUT2D eigenvalue weighted by atomic mass is 9.97. The topological polar surface area (TPSA) is 69.7 Å². The first-order valence-electron chi connectivity index (χ1n) is 8.35. The molecule has 2 aromatic carbocycles. The molecule has 0 spiro atoms. The zero-order valence-electron chi connectivity index (χ0n) is 14.3. The molecule has 0 saturated carbocycles. The first-order chi connectivity index (χ1) is 13.3. The molecule has 1 aliphatic rings. The van der Waals surface area contributed by atoms with Crippen molar-refractivity contribution in [2.24, 2.45) is 0 Å². The van der Waals surface area contributed by atoms with Crippen LogP contribution in [0.2, 0.25) is 0 Å². The lowest BCUT2D eigenvalue weighted by Gasteiger charge is -2.18. The van der Waals surface area contributed by atoms with Gasteiger partial charge in [0.05, 0.1) is 5.52 Å². The monoisotopic (exact) mass is 347 g/mol. The van der Waals surface area contributed by atoms with E-state index in [2.05, 4.69) is 4.98 Å². The number of nitriles is 2. The average Bonchev–Trinajstić information content (AvgIpc) is 2.73. The fraction of sp³-hybridized carbons (Fsp3) is 0. The predicted octanol–water partition coefficient (Wildman–Crippen LogP) is 5.03. The molecule has 4 nitrogen and oxygen atoms in total. The second-order valence-electron chi connectivity index (χ2n) is 5.95. The maximum atomic E-state index is 9.27. The van der Waals surface area contributed by atoms with Gasteiger partial charge in [0.15, 0.2) is 0 Å². The lowest BCUT2D eigenvalue weighted by Crippen LogP contribution is -2.03. The van der Waals surface area contributed by atoms with Crippen LogP contribution in [0.4, 0.5) is 0 Å². The minimum absolute atomic E-state index is 0.0593. The molecule has 0 radical (unpaired) electrons. The molecule has 1 aromatic heterocycles. The van der Waals surface area contributed by atoms with E-state index in [1.54, 1.807) is 12.3 Å². The van der Waals surface area contributed by atoms with Crippen LogP contribution in [0.25, 0.3) is 22.6 Å². The van der Waals surface area contributed by atoms with Crippen molar-refractivity contribution in [3.63, 3.8) is 0 Å². The standard InChI is InChI=1S/C23H13N3O/c24-13-18(14-25)21-12-19(27-23-8-4-2-6-20(21)23)10-9-16-11-17-5-1-3-7-22(17)26-15-16/h1-12,15H/b10-9+. The van der Waals surface area contributed by atoms with E-state index in [1.165, 1.54) is 0 Å². The van der Waals surface area contributed by atoms with Gasteiger partial charge in [-0.15, -0.1) is 0 Å². The van der Waals surface area contributed by atoms with Gasteiger partial charge in [0.2, 0.25) is 0 Å². The largest absolute Gasteiger partial charge is 0.457 e. The third-order valence-corrected chi connectivity index (χ3v) is 4.24. The van der Waals surface area contributed by atoms with Gasteiger partial charge in [-0.05, 0) is 42.0 Å². The second kappa shape index (κ2) is 7.00. The van der Waals surface area contributed by atoms with Gasteiger partial charge in [0, 0.05) is 22.7 Å². The normalized spacial score (nSPS) is 12.7. The number of ether oxygens (including phenoxy) is 1. The first kappa shape index (κ1) is 16.3. The number of allylic oxidation sites excluding steroid dienone is 4. The van der Waals surface area contributed by atoms with Gasteiger partial charge in [-0.25, -0.2) is 0 Å². The van der Waals surface area contributed by atoms with Crippen molar-refractivity contribution < 1.29 is 4.74 Å². The van der Waals surface area contributed by atoms with Gasteiger partial charge in [0.1, 0.15) is 29.2 Å². The third kappa shape index (κ3) is 3.20. The average molecular weight is 347 g/mol. The zero-order valence-corrected chi connectivity index (χ0v) is 14.3. The summed E-state index contributed by atoms with van der Waals surface area (Å²) in [7, 11) is 0. The van der Waals surface area contributed by atoms with E-state index >= 15 is 0 Å². The maximum absolute atomic E-state index is 9.27. The number of hydrogen-bond acceptors (Lipinski definition) is 4. The van der Waals surface area contributed by atoms with Crippen molar-refractivity contribution in [3.8, 4) is 17.9 Å². The van der Waals surface area contributed by atoms with E-state index in [0.717, 1.165) is 22.0 Å². The van der Waals surface area contributed by atoms with E-state index in [9.17, 15) is 10.5 Å². The van der Waals surface area contributed by atoms with Crippen LogP contribution >= 0.6 is 0 Å². The van der Waals surface area contributed by atoms with Crippen molar-refractivity contribution in [2.75, 3.05) is 0 Å². The molecule has 0 N–H and O–H groups in total. The van der Waals surface area contributed by atoms with Crippen molar-refractivity contribution in [1.29, 1.82) is 10.5 Å². The van der Waals surface area contributed by atoms with Crippen molar-refractivity contribution >= 4 is 22.6 Å². The van der Waals surface area contributed by atoms with Gasteiger partial charge < -0.3 is 4.74 Å². The van der Waals surface area contributed by atoms with Crippen LogP contribution in [-0.2, 0) is 0 Å². The molecule has 0 amide bonds. The molecular weight excluding hydrogens is 334 g/mol. The fourth-order valence-electron chi connectivity index (χ4n) is 2.95. The summed E-state index contributed by atoms with van der Waals surface area (Å²) >= 11 is 0. The van der Waals surface area contributed by atoms with Gasteiger partial charge >= 0.3 is 0 Å². The number of pyridine rings is 1. The number of fused-ring (bicyclic) bond motifs is 2. The van der Waals surface area contributed by atoms with E-state index in [4.69, 9.17) is 4.74 Å². The Balaban J connectivity index is 1.73. The predicted molar refractivity (Wildman–Crippen MR) is 104 cm³/mol. The number of nitrogens with zero attached hydrogens (tertiary/aromatic N) is 3. The molecule has 4 heteroatoms. The molecule has 0 bridgehead atoms. The molecule has 27 heavy (non-hydrogen) atoms. The Morgan fingerprint density at radius 2 is 1.74 bits per heavy atom. The van der Waals surface area contributed by atoms with Crippen LogP contribution < -0.4 is 4.74 Å². The summed E-state index contributed by atoms with van der Waals surface area (Å²) in [4.78, 5) is 4.44. The number of para-hydroxylation sites is 2. The highest BCUT2D eigenvalue weighted by Gasteiger charge is 2.18. The van der Waals surface area contributed by atoms with Crippen molar-refractivity contribution in [2.45, 2.75) is 0 Å². The summed E-state index contributed by atoms with van der Waals surface area (Å²) in [6.07, 6.45) is 7.22. The number of benzene rings is 2. The number of rotatable bonds is 2. The minimum atomic E-state index is 0.0593. The highest BCUT2D eigenvalue weighted by atomic mass is 16.5. The Hall–Kier alpha value is -4.15. The fourth-order valence-corrected chi connectivity index (χ4v) is 2.95. The maximum Gasteiger partial charge on any atom is 0.137 e. The second-order valence-corrected chi connectivity index (χ2v) is 5.95. The molecular formula is C23H13N3O. The summed E-state index contributed by atoms with van der Waals surface area (Å²) < 4.78 is 5.91. The summed E-state index contributed by atoms with van der Waals surface area (Å²) in [5, 5.41) is 19.6. The van der Waals surface area contributed by atoms with Crippen molar-refractivity contribution in [1.82, 2.24) is 4.98 Å². The molecule has 4 rings (SSSR count). The zero-order chi connectivity index (χ0) is 18.6. The van der Waals surface area contributed by atoms with Gasteiger partial charge in [-0.2, -0.15) is 10.5 Å². The molecule has 1 aliphatic heterocycles. The van der Waals surface area contributed by atoms with Crippen LogP contribution in [-0.4, -0.2) is 4.98 Å². The van der Waals surface area contributed by atoms with Crippen LogP contribution in [0.15, 0.2) is 84.3 Å². The SMILES string of the molecule is N#CC(C#N)=C1C=C(/C=C/c2cnc3ccccc3c2)Oc2ccccc21. The van der Waals surface area contributed by atoms with Gasteiger partial charge in [-0.3, -0.25) is 4.98 Å². The third-order valence-electron chi connectivity index (χ3n) is 4.24. The summed E-state index contributed by atoms with van der Waals surface area (Å²) in [5.74, 6) is 1.18. The summed E-state index contributed by atoms with van der Waals surface area (Å²) in [5.41, 5.74) is 3.24. The van der Waals surface area contributed by atoms with E-state index in [1.807, 2.05) is 78.9 Å². The van der Waals surface area contributed by atoms with Crippen molar-refractivity contribution in [3.05, 3.63) is 95.4 Å². The van der Waals surface area contributed by atoms with E-state index in [-0.39, 0.29) is 5.57 Å². The van der Waals surface area contributed by atoms with Crippen LogP contribution in [0.3, 0.4) is 0 Å². The Kier molecular flexibility index (Phi) is 4.23. The molecule has 0 saturated heterocycles. The smallest absolute Gasteiger partial charge is 0.137 e. The molecule has 0 fully saturated rings. The molecule has 2 heterocycles. The Morgan fingerprint density at radius 1 is 0.963 bits per heavy atom. The van der Waals surface area contributed by atoms with Gasteiger partial charge in [-0.1, -0.05) is 36.4 Å². The first-order valence-corrected chi connectivity index (χ1v) is 8.35. The Labute approximate surface area is 156 Å². The summed E-state index contributed by atoms with van der Waals surface area (Å²) in [6, 6.07) is 21.2. The molecule has 126 valence electrons. The molecule has 0 unspecified atom stereocenters. The van der Waals surface area contributed by atoms with E-state index in [0.29, 0.717) is 17.1 Å². The van der Waals surface area contributed by atoms with Crippen LogP contribution in [0.1, 0.15) is 11.1 Å². The number of aromatic nitrogens is 1. The molecule has 0 aliphatic carbocycles. The molecule has 0 atom stereocenters. The highest BCUT2D eigenvalue weighted by Crippen LogP contribution is 2.35. The lowest BCUT2D eigenvalue weighted by molar-refractivity contribution is 0.439. The summed E-state index contributed by atoms with van der Waals surface area (Å²) in [6.45, 7) is 0. The Bertz CT molecular complexity index is 1200. The molecule has 3 aromatic rings. The van der Waals surface area contributed by atoms with E-state index < -0.39 is 0 Å². The Morgan fingerprint density at radius 3 is 2.59 bits per heavy atom. The minimum Gasteiger partial charge on any atom is -0.457 e. The highest BCUT2D eigenvalue weighted by molar-refractivity contribution is 5.87. The van der Waals surface area contributed by atoms with Gasteiger partial charge in [0.25, 0.3) is 0 Å².